The van der Waals surface area contributed by atoms with Crippen molar-refractivity contribution in [1.29, 1.82) is 0 Å². The van der Waals surface area contributed by atoms with Crippen molar-refractivity contribution < 1.29 is 14.3 Å². The maximum absolute atomic E-state index is 11.2. The van der Waals surface area contributed by atoms with Gasteiger partial charge < -0.3 is 10.1 Å². The lowest BCUT2D eigenvalue weighted by atomic mass is 10.2. The minimum absolute atomic E-state index is 0.236. The molecule has 0 aromatic heterocycles. The van der Waals surface area contributed by atoms with Crippen molar-refractivity contribution in [3.05, 3.63) is 0 Å². The summed E-state index contributed by atoms with van der Waals surface area (Å²) in [4.78, 5) is 22.1. The number of esters is 1. The molecule has 0 aliphatic carbocycles. The summed E-state index contributed by atoms with van der Waals surface area (Å²) in [6, 6.07) is -0.622. The third-order valence-electron chi connectivity index (χ3n) is 1.59. The van der Waals surface area contributed by atoms with E-state index in [2.05, 4.69) is 10.1 Å². The third kappa shape index (κ3) is 4.12. The number of hydrogen-bond donors (Lipinski definition) is 1. The zero-order valence-corrected chi connectivity index (χ0v) is 8.72. The molecule has 76 valence electrons. The topological polar surface area (TPSA) is 55.4 Å². The Bertz CT molecular complexity index is 196. The lowest BCUT2D eigenvalue weighted by Crippen LogP contribution is -2.42. The highest BCUT2D eigenvalue weighted by Crippen LogP contribution is 1.98. The Morgan fingerprint density at radius 1 is 1.46 bits per heavy atom. The van der Waals surface area contributed by atoms with Gasteiger partial charge in [0.1, 0.15) is 6.04 Å². The summed E-state index contributed by atoms with van der Waals surface area (Å²) < 4.78 is 4.44. The summed E-state index contributed by atoms with van der Waals surface area (Å²) in [6.45, 7) is 3.25. The molecule has 0 aliphatic heterocycles. The summed E-state index contributed by atoms with van der Waals surface area (Å²) in [7, 11) is 1.27. The Labute approximate surface area is 82.6 Å². The Morgan fingerprint density at radius 3 is 2.38 bits per heavy atom. The summed E-state index contributed by atoms with van der Waals surface area (Å²) in [5.41, 5.74) is 0. The highest BCUT2D eigenvalue weighted by molar-refractivity contribution is 6.19. The lowest BCUT2D eigenvalue weighted by Gasteiger charge is -2.13. The fourth-order valence-corrected chi connectivity index (χ4v) is 0.802. The molecule has 2 atom stereocenters. The van der Waals surface area contributed by atoms with Crippen LogP contribution in [0.15, 0.2) is 0 Å². The molecule has 5 heteroatoms. The monoisotopic (exact) mass is 207 g/mol. The van der Waals surface area contributed by atoms with Crippen LogP contribution in [0, 0.1) is 5.92 Å². The van der Waals surface area contributed by atoms with Crippen molar-refractivity contribution in [1.82, 2.24) is 5.32 Å². The zero-order chi connectivity index (χ0) is 10.4. The predicted octanol–water partition coefficient (Wildman–Crippen LogP) is 0.539. The molecule has 0 aliphatic rings. The maximum Gasteiger partial charge on any atom is 0.328 e. The van der Waals surface area contributed by atoms with E-state index in [0.717, 1.165) is 0 Å². The predicted molar refractivity (Wildman–Crippen MR) is 49.5 cm³/mol. The van der Waals surface area contributed by atoms with E-state index in [1.165, 1.54) is 7.11 Å². The molecule has 0 radical (unpaired) electrons. The summed E-state index contributed by atoms with van der Waals surface area (Å²) in [6.07, 6.45) is 0. The minimum atomic E-state index is -0.622. The molecule has 0 heterocycles. The Balaban J connectivity index is 3.98. The van der Waals surface area contributed by atoms with Crippen LogP contribution in [0.2, 0.25) is 0 Å². The molecule has 0 saturated carbocycles. The number of carbonyl (C=O) groups excluding carboxylic acids is 2. The van der Waals surface area contributed by atoms with Crippen LogP contribution < -0.4 is 5.32 Å². The molecule has 0 spiro atoms. The number of carbonyl (C=O) groups is 2. The molecule has 0 rings (SSSR count). The molecule has 0 aromatic rings. The van der Waals surface area contributed by atoms with Gasteiger partial charge in [0, 0.05) is 11.8 Å². The van der Waals surface area contributed by atoms with Gasteiger partial charge in [-0.1, -0.05) is 6.92 Å². The van der Waals surface area contributed by atoms with Crippen LogP contribution in [0.5, 0.6) is 0 Å². The number of nitrogens with one attached hydrogen (secondary N) is 1. The van der Waals surface area contributed by atoms with Crippen molar-refractivity contribution in [2.75, 3.05) is 13.0 Å². The van der Waals surface area contributed by atoms with Crippen LogP contribution in [0.3, 0.4) is 0 Å². The number of alkyl halides is 1. The second-order valence-corrected chi connectivity index (χ2v) is 3.12. The van der Waals surface area contributed by atoms with Crippen LogP contribution in [0.4, 0.5) is 0 Å². The van der Waals surface area contributed by atoms with E-state index in [1.54, 1.807) is 13.8 Å². The molecule has 0 aromatic carbocycles. The molecular formula is C8H14ClNO3. The third-order valence-corrected chi connectivity index (χ3v) is 2.06. The molecule has 1 amide bonds. The molecule has 0 bridgehead atoms. The van der Waals surface area contributed by atoms with Crippen molar-refractivity contribution in [2.24, 2.45) is 5.92 Å². The SMILES string of the molecule is COC(=O)C(C)NC(=O)C(C)CCl. The summed E-state index contributed by atoms with van der Waals surface area (Å²) in [5, 5.41) is 2.48. The van der Waals surface area contributed by atoms with Crippen LogP contribution in [0.1, 0.15) is 13.8 Å². The van der Waals surface area contributed by atoms with E-state index in [9.17, 15) is 9.59 Å². The summed E-state index contributed by atoms with van der Waals surface area (Å²) in [5.74, 6) is -0.767. The first-order valence-electron chi connectivity index (χ1n) is 3.97. The Morgan fingerprint density at radius 2 is 2.00 bits per heavy atom. The minimum Gasteiger partial charge on any atom is -0.467 e. The van der Waals surface area contributed by atoms with Gasteiger partial charge >= 0.3 is 5.97 Å². The Hall–Kier alpha value is -0.770. The van der Waals surface area contributed by atoms with Crippen molar-refractivity contribution in [3.63, 3.8) is 0 Å². The van der Waals surface area contributed by atoms with Gasteiger partial charge in [0.05, 0.1) is 7.11 Å². The first-order valence-corrected chi connectivity index (χ1v) is 4.50. The van der Waals surface area contributed by atoms with E-state index in [-0.39, 0.29) is 17.7 Å². The molecular weight excluding hydrogens is 194 g/mol. The van der Waals surface area contributed by atoms with Crippen molar-refractivity contribution >= 4 is 23.5 Å². The summed E-state index contributed by atoms with van der Waals surface area (Å²) >= 11 is 5.47. The van der Waals surface area contributed by atoms with E-state index in [4.69, 9.17) is 11.6 Å². The van der Waals surface area contributed by atoms with Crippen LogP contribution >= 0.6 is 11.6 Å². The molecule has 13 heavy (non-hydrogen) atoms. The number of ether oxygens (including phenoxy) is 1. The smallest absolute Gasteiger partial charge is 0.328 e. The number of rotatable bonds is 4. The quantitative estimate of drug-likeness (QED) is 0.541. The Kier molecular flexibility index (Phi) is 5.46. The van der Waals surface area contributed by atoms with Gasteiger partial charge in [0.25, 0.3) is 0 Å². The molecule has 0 fully saturated rings. The van der Waals surface area contributed by atoms with Gasteiger partial charge in [-0.25, -0.2) is 4.79 Å². The van der Waals surface area contributed by atoms with E-state index in [0.29, 0.717) is 0 Å². The fourth-order valence-electron chi connectivity index (χ4n) is 0.661. The highest BCUT2D eigenvalue weighted by Gasteiger charge is 2.18. The van der Waals surface area contributed by atoms with Crippen LogP contribution in [-0.2, 0) is 14.3 Å². The molecule has 4 nitrogen and oxygen atoms in total. The zero-order valence-electron chi connectivity index (χ0n) is 7.96. The van der Waals surface area contributed by atoms with E-state index >= 15 is 0 Å². The van der Waals surface area contributed by atoms with Gasteiger partial charge in [-0.15, -0.1) is 11.6 Å². The molecule has 1 N–H and O–H groups in total. The number of hydrogen-bond acceptors (Lipinski definition) is 3. The van der Waals surface area contributed by atoms with E-state index in [1.807, 2.05) is 0 Å². The number of halogens is 1. The van der Waals surface area contributed by atoms with Gasteiger partial charge in [-0.2, -0.15) is 0 Å². The second kappa shape index (κ2) is 5.80. The van der Waals surface area contributed by atoms with Crippen LogP contribution in [-0.4, -0.2) is 30.9 Å². The number of methoxy groups -OCH3 is 1. The lowest BCUT2D eigenvalue weighted by molar-refractivity contribution is -0.144. The average molecular weight is 208 g/mol. The van der Waals surface area contributed by atoms with Gasteiger partial charge in [0.15, 0.2) is 0 Å². The normalized spacial score (nSPS) is 14.5. The number of amides is 1. The first-order chi connectivity index (χ1) is 6.02. The van der Waals surface area contributed by atoms with Crippen molar-refractivity contribution in [3.8, 4) is 0 Å². The highest BCUT2D eigenvalue weighted by atomic mass is 35.5. The largest absolute Gasteiger partial charge is 0.467 e. The maximum atomic E-state index is 11.2. The molecule has 2 unspecified atom stereocenters. The fraction of sp³-hybridized carbons (Fsp3) is 0.750. The molecule has 0 saturated heterocycles. The van der Waals surface area contributed by atoms with Gasteiger partial charge in [-0.3, -0.25) is 4.79 Å². The van der Waals surface area contributed by atoms with Crippen molar-refractivity contribution in [2.45, 2.75) is 19.9 Å². The van der Waals surface area contributed by atoms with Gasteiger partial charge in [0.2, 0.25) is 5.91 Å². The average Bonchev–Trinajstić information content (AvgIpc) is 2.14. The second-order valence-electron chi connectivity index (χ2n) is 2.81. The van der Waals surface area contributed by atoms with Gasteiger partial charge in [-0.05, 0) is 6.92 Å². The first kappa shape index (κ1) is 12.2. The van der Waals surface area contributed by atoms with E-state index < -0.39 is 12.0 Å². The van der Waals surface area contributed by atoms with Crippen LogP contribution in [0.25, 0.3) is 0 Å². The standard InChI is InChI=1S/C8H14ClNO3/c1-5(4-9)7(11)10-6(2)8(12)13-3/h5-6H,4H2,1-3H3,(H,10,11).